The number of rotatable bonds is 6. The molecule has 2 rings (SSSR count). The van der Waals surface area contributed by atoms with Crippen LogP contribution < -0.4 is 10.1 Å². The normalized spacial score (nSPS) is 10.6. The van der Waals surface area contributed by atoms with Crippen LogP contribution in [0.4, 0.5) is 0 Å². The Balaban J connectivity index is 0.00000338. The van der Waals surface area contributed by atoms with Crippen LogP contribution >= 0.6 is 0 Å². The summed E-state index contributed by atoms with van der Waals surface area (Å²) in [6.45, 7) is 6.88. The van der Waals surface area contributed by atoms with Gasteiger partial charge in [-0.25, -0.2) is 4.79 Å². The quantitative estimate of drug-likeness (QED) is 0.610. The molecule has 0 saturated heterocycles. The Morgan fingerprint density at radius 1 is 1.04 bits per heavy atom. The van der Waals surface area contributed by atoms with Crippen LogP contribution in [0.5, 0.6) is 5.75 Å². The number of ether oxygens (including phenoxy) is 1. The first-order valence-corrected chi connectivity index (χ1v) is 8.13. The van der Waals surface area contributed by atoms with Crippen molar-refractivity contribution in [3.05, 3.63) is 65.2 Å². The average molecular weight is 365 g/mol. The number of carbonyl (C=O) groups excluding carboxylic acids is 1. The van der Waals surface area contributed by atoms with E-state index in [1.54, 1.807) is 12.1 Å². The predicted molar refractivity (Wildman–Crippen MR) is 104 cm³/mol. The second-order valence-electron chi connectivity index (χ2n) is 6.73. The van der Waals surface area contributed by atoms with Gasteiger partial charge in [0.15, 0.2) is 0 Å². The monoisotopic (exact) mass is 365 g/mol. The standard InChI is InChI=1S/C20H23NO4.Na.H/c1-20(2,3)17-7-5-4-6-16(17)18(22)21-12-13-25-15-10-8-14(9-11-15)19(23)24;;/h4-11H,12-13H2,1-3H3,(H,21,22)(H,23,24);;. The van der Waals surface area contributed by atoms with E-state index in [9.17, 15) is 9.59 Å². The van der Waals surface area contributed by atoms with Gasteiger partial charge in [-0.2, -0.15) is 0 Å². The predicted octanol–water partition coefficient (Wildman–Crippen LogP) is 2.84. The van der Waals surface area contributed by atoms with Gasteiger partial charge in [0.25, 0.3) is 5.91 Å². The van der Waals surface area contributed by atoms with Crippen LogP contribution in [-0.2, 0) is 5.41 Å². The van der Waals surface area contributed by atoms with E-state index in [0.29, 0.717) is 24.5 Å². The van der Waals surface area contributed by atoms with Crippen molar-refractivity contribution in [1.82, 2.24) is 5.32 Å². The molecule has 0 saturated carbocycles. The Bertz CT molecular complexity index is 751. The fourth-order valence-electron chi connectivity index (χ4n) is 2.46. The van der Waals surface area contributed by atoms with Crippen molar-refractivity contribution in [2.24, 2.45) is 0 Å². The molecule has 0 bridgehead atoms. The number of nitrogens with one attached hydrogen (secondary N) is 1. The van der Waals surface area contributed by atoms with Crippen molar-refractivity contribution in [3.63, 3.8) is 0 Å². The molecule has 0 fully saturated rings. The fraction of sp³-hybridized carbons (Fsp3) is 0.300. The van der Waals surface area contributed by atoms with Crippen molar-refractivity contribution in [3.8, 4) is 5.75 Å². The summed E-state index contributed by atoms with van der Waals surface area (Å²) < 4.78 is 5.52. The Kier molecular flexibility index (Phi) is 8.34. The number of carboxylic acid groups (broad SMARTS) is 1. The maximum atomic E-state index is 12.4. The molecule has 5 nitrogen and oxygen atoms in total. The molecule has 2 N–H and O–H groups in total. The van der Waals surface area contributed by atoms with Gasteiger partial charge in [0.1, 0.15) is 12.4 Å². The molecule has 134 valence electrons. The summed E-state index contributed by atoms with van der Waals surface area (Å²) >= 11 is 0. The summed E-state index contributed by atoms with van der Waals surface area (Å²) in [5.74, 6) is -0.541. The minimum atomic E-state index is -0.976. The summed E-state index contributed by atoms with van der Waals surface area (Å²) in [6.07, 6.45) is 0. The molecule has 0 unspecified atom stereocenters. The van der Waals surface area contributed by atoms with Crippen molar-refractivity contribution in [2.45, 2.75) is 26.2 Å². The second-order valence-corrected chi connectivity index (χ2v) is 6.73. The molecule has 0 aliphatic heterocycles. The third-order valence-electron chi connectivity index (χ3n) is 3.74. The third kappa shape index (κ3) is 6.16. The van der Waals surface area contributed by atoms with E-state index in [1.165, 1.54) is 12.1 Å². The van der Waals surface area contributed by atoms with Crippen LogP contribution in [0.15, 0.2) is 48.5 Å². The zero-order chi connectivity index (χ0) is 18.4. The third-order valence-corrected chi connectivity index (χ3v) is 3.74. The molecule has 2 aromatic carbocycles. The van der Waals surface area contributed by atoms with Gasteiger partial charge in [-0.3, -0.25) is 4.79 Å². The molecule has 0 radical (unpaired) electrons. The molecular weight excluding hydrogens is 341 g/mol. The van der Waals surface area contributed by atoms with E-state index in [-0.39, 0.29) is 46.4 Å². The first-order valence-electron chi connectivity index (χ1n) is 8.13. The van der Waals surface area contributed by atoms with Gasteiger partial charge in [-0.05, 0) is 41.3 Å². The molecule has 26 heavy (non-hydrogen) atoms. The number of carboxylic acids is 1. The van der Waals surface area contributed by atoms with E-state index >= 15 is 0 Å². The van der Waals surface area contributed by atoms with Gasteiger partial charge in [0.2, 0.25) is 0 Å². The Labute approximate surface area is 176 Å². The van der Waals surface area contributed by atoms with Crippen LogP contribution in [0.25, 0.3) is 0 Å². The van der Waals surface area contributed by atoms with Crippen LogP contribution in [0.2, 0.25) is 0 Å². The van der Waals surface area contributed by atoms with Crippen molar-refractivity contribution in [1.29, 1.82) is 0 Å². The van der Waals surface area contributed by atoms with Gasteiger partial charge in [-0.1, -0.05) is 39.0 Å². The zero-order valence-corrected chi connectivity index (χ0v) is 14.7. The van der Waals surface area contributed by atoms with E-state index in [0.717, 1.165) is 5.56 Å². The number of hydrogen-bond donors (Lipinski definition) is 2. The van der Waals surface area contributed by atoms with Gasteiger partial charge >= 0.3 is 35.5 Å². The van der Waals surface area contributed by atoms with Gasteiger partial charge in [-0.15, -0.1) is 0 Å². The topological polar surface area (TPSA) is 75.6 Å². The maximum absolute atomic E-state index is 12.4. The number of aromatic carboxylic acids is 1. The van der Waals surface area contributed by atoms with E-state index in [2.05, 4.69) is 26.1 Å². The van der Waals surface area contributed by atoms with Gasteiger partial charge in [0.05, 0.1) is 12.1 Å². The molecule has 1 amide bonds. The zero-order valence-electron chi connectivity index (χ0n) is 14.7. The fourth-order valence-corrected chi connectivity index (χ4v) is 2.46. The summed E-state index contributed by atoms with van der Waals surface area (Å²) in [5, 5.41) is 11.7. The molecule has 6 heteroatoms. The van der Waals surface area contributed by atoms with Crippen LogP contribution in [0, 0.1) is 0 Å². The number of benzene rings is 2. The van der Waals surface area contributed by atoms with Gasteiger partial charge < -0.3 is 15.2 Å². The molecule has 0 aliphatic rings. The number of hydrogen-bond acceptors (Lipinski definition) is 3. The van der Waals surface area contributed by atoms with Crippen molar-refractivity contribution in [2.75, 3.05) is 13.2 Å². The number of amides is 1. The Morgan fingerprint density at radius 3 is 2.23 bits per heavy atom. The van der Waals surface area contributed by atoms with E-state index in [4.69, 9.17) is 9.84 Å². The first kappa shape index (κ1) is 22.2. The van der Waals surface area contributed by atoms with Crippen LogP contribution in [-0.4, -0.2) is 59.7 Å². The Hall–Kier alpha value is -1.82. The van der Waals surface area contributed by atoms with Crippen LogP contribution in [0.1, 0.15) is 47.1 Å². The Morgan fingerprint density at radius 2 is 1.65 bits per heavy atom. The van der Waals surface area contributed by atoms with E-state index in [1.807, 2.05) is 24.3 Å². The summed E-state index contributed by atoms with van der Waals surface area (Å²) in [4.78, 5) is 23.2. The molecule has 0 heterocycles. The van der Waals surface area contributed by atoms with Crippen molar-refractivity contribution >= 4 is 41.4 Å². The molecule has 0 aliphatic carbocycles. The second kappa shape index (κ2) is 9.76. The molecular formula is C20H24NNaO4. The molecule has 0 spiro atoms. The number of carbonyl (C=O) groups is 2. The molecule has 0 atom stereocenters. The average Bonchev–Trinajstić information content (AvgIpc) is 2.58. The van der Waals surface area contributed by atoms with Gasteiger partial charge in [0, 0.05) is 5.56 Å². The van der Waals surface area contributed by atoms with Crippen molar-refractivity contribution < 1.29 is 19.4 Å². The van der Waals surface area contributed by atoms with E-state index < -0.39 is 5.97 Å². The summed E-state index contributed by atoms with van der Waals surface area (Å²) in [5.41, 5.74) is 1.76. The molecule has 0 aromatic heterocycles. The molecule has 2 aromatic rings. The summed E-state index contributed by atoms with van der Waals surface area (Å²) in [6, 6.07) is 13.7. The summed E-state index contributed by atoms with van der Waals surface area (Å²) in [7, 11) is 0. The minimum absolute atomic E-state index is 0. The first-order chi connectivity index (χ1) is 11.8. The SMILES string of the molecule is CC(C)(C)c1ccccc1C(=O)NCCOc1ccc(C(=O)O)cc1.[NaH]. The van der Waals surface area contributed by atoms with Crippen LogP contribution in [0.3, 0.4) is 0 Å².